The molecule has 10 atom stereocenters. The zero-order chi connectivity index (χ0) is 21.5. The second kappa shape index (κ2) is 7.09. The van der Waals surface area contributed by atoms with E-state index >= 15 is 0 Å². The van der Waals surface area contributed by atoms with Crippen LogP contribution in [0.25, 0.3) is 0 Å². The summed E-state index contributed by atoms with van der Waals surface area (Å²) in [5.74, 6) is 6.10. The Balaban J connectivity index is 1.22. The highest BCUT2D eigenvalue weighted by Crippen LogP contribution is 2.74. The van der Waals surface area contributed by atoms with Gasteiger partial charge in [0.05, 0.1) is 18.3 Å². The van der Waals surface area contributed by atoms with Gasteiger partial charge < -0.3 is 5.11 Å². The van der Waals surface area contributed by atoms with Crippen LogP contribution in [-0.2, 0) is 11.3 Å². The monoisotopic (exact) mass is 442 g/mol. The summed E-state index contributed by atoms with van der Waals surface area (Å²) in [6.07, 6.45) is 15.6. The topological polar surface area (TPSA) is 55.1 Å². The Morgan fingerprint density at radius 2 is 1.94 bits per heavy atom. The van der Waals surface area contributed by atoms with Crippen LogP contribution in [0, 0.1) is 52.8 Å². The molecule has 0 bridgehead atoms. The van der Waals surface area contributed by atoms with Crippen molar-refractivity contribution in [1.29, 1.82) is 0 Å². The van der Waals surface area contributed by atoms with Gasteiger partial charge in [-0.25, -0.2) is 0 Å². The summed E-state index contributed by atoms with van der Waals surface area (Å²) in [6.45, 7) is 4.98. The van der Waals surface area contributed by atoms with Crippen molar-refractivity contribution in [3.63, 3.8) is 0 Å². The molecule has 170 valence electrons. The van der Waals surface area contributed by atoms with Crippen molar-refractivity contribution >= 4 is 17.5 Å². The van der Waals surface area contributed by atoms with Crippen LogP contribution in [0.5, 0.6) is 0 Å². The Hall–Kier alpha value is -0.810. The fourth-order valence-electron chi connectivity index (χ4n) is 9.45. The predicted octanol–water partition coefficient (Wildman–Crippen LogP) is 5.05. The fraction of sp³-hybridized carbons (Fsp3) is 0.846. The molecule has 5 fully saturated rings. The van der Waals surface area contributed by atoms with Gasteiger partial charge in [0.1, 0.15) is 0 Å². The molecule has 6 rings (SSSR count). The quantitative estimate of drug-likeness (QED) is 0.663. The molecule has 0 amide bonds. The minimum atomic E-state index is -0.438. The maximum Gasteiger partial charge on any atom is 0.158 e. The number of fused-ring (bicyclic) bond motifs is 7. The third-order valence-corrected chi connectivity index (χ3v) is 11.2. The second-order valence-corrected chi connectivity index (χ2v) is 13.1. The zero-order valence-corrected chi connectivity index (χ0v) is 20.1. The zero-order valence-electron chi connectivity index (χ0n) is 19.3. The summed E-state index contributed by atoms with van der Waals surface area (Å²) in [5, 5.41) is 15.1. The van der Waals surface area contributed by atoms with E-state index in [2.05, 4.69) is 25.2 Å². The molecule has 5 aliphatic rings. The summed E-state index contributed by atoms with van der Waals surface area (Å²) in [4.78, 5) is 14.7. The van der Waals surface area contributed by atoms with Crippen molar-refractivity contribution in [2.24, 2.45) is 52.8 Å². The largest absolute Gasteiger partial charge is 0.390 e. The van der Waals surface area contributed by atoms with Gasteiger partial charge in [-0.05, 0) is 111 Å². The highest BCUT2D eigenvalue weighted by molar-refractivity contribution is 7.98. The summed E-state index contributed by atoms with van der Waals surface area (Å²) in [5.41, 5.74) is -0.236. The van der Waals surface area contributed by atoms with Crippen LogP contribution in [-0.4, -0.2) is 32.5 Å². The Kier molecular flexibility index (Phi) is 4.75. The molecule has 1 heterocycles. The van der Waals surface area contributed by atoms with Gasteiger partial charge in [-0.15, -0.1) is 11.8 Å². The van der Waals surface area contributed by atoms with Crippen molar-refractivity contribution in [1.82, 2.24) is 9.78 Å². The highest BCUT2D eigenvalue weighted by atomic mass is 32.2. The molecular weight excluding hydrogens is 404 g/mol. The summed E-state index contributed by atoms with van der Waals surface area (Å²) < 4.78 is 1.87. The maximum absolute atomic E-state index is 13.6. The van der Waals surface area contributed by atoms with E-state index in [-0.39, 0.29) is 11.3 Å². The number of ketones is 1. The average molecular weight is 443 g/mol. The van der Waals surface area contributed by atoms with E-state index < -0.39 is 5.60 Å². The molecule has 0 aliphatic heterocycles. The molecule has 0 saturated heterocycles. The molecule has 1 aromatic rings. The van der Waals surface area contributed by atoms with E-state index in [1.807, 2.05) is 17.1 Å². The third-order valence-electron chi connectivity index (χ3n) is 10.5. The second-order valence-electron chi connectivity index (χ2n) is 12.2. The third kappa shape index (κ3) is 3.19. The number of carbonyl (C=O) groups excluding carboxylic acids is 1. The SMILES string of the molecule is CSc1cnn(CC(=O)[C@H]2[C@H]3C[C@H]3[C@H]3[C@@H]4CC[C@@H]5C[C@](C)(O)CC[C@@H]5[C@H]4CC[C@@]32C)c1. The first-order chi connectivity index (χ1) is 14.8. The lowest BCUT2D eigenvalue weighted by Crippen LogP contribution is -2.52. The number of aliphatic hydroxyl groups is 1. The first kappa shape index (κ1) is 20.8. The first-order valence-electron chi connectivity index (χ1n) is 12.6. The van der Waals surface area contributed by atoms with Crippen LogP contribution >= 0.6 is 11.8 Å². The summed E-state index contributed by atoms with van der Waals surface area (Å²) in [6, 6.07) is 0. The molecule has 5 aliphatic carbocycles. The summed E-state index contributed by atoms with van der Waals surface area (Å²) >= 11 is 1.69. The van der Waals surface area contributed by atoms with E-state index in [0.717, 1.165) is 53.2 Å². The van der Waals surface area contributed by atoms with E-state index in [4.69, 9.17) is 0 Å². The van der Waals surface area contributed by atoms with Crippen molar-refractivity contribution < 1.29 is 9.90 Å². The van der Waals surface area contributed by atoms with Gasteiger partial charge in [-0.3, -0.25) is 9.48 Å². The van der Waals surface area contributed by atoms with Crippen molar-refractivity contribution in [3.8, 4) is 0 Å². The minimum absolute atomic E-state index is 0.203. The molecule has 0 radical (unpaired) electrons. The van der Waals surface area contributed by atoms with Gasteiger partial charge in [0.15, 0.2) is 5.78 Å². The van der Waals surface area contributed by atoms with Crippen LogP contribution in [0.15, 0.2) is 17.3 Å². The molecule has 0 spiro atoms. The number of thioether (sulfide) groups is 1. The Morgan fingerprint density at radius 3 is 2.71 bits per heavy atom. The number of hydrogen-bond acceptors (Lipinski definition) is 4. The minimum Gasteiger partial charge on any atom is -0.390 e. The number of rotatable bonds is 4. The highest BCUT2D eigenvalue weighted by Gasteiger charge is 2.70. The van der Waals surface area contributed by atoms with E-state index in [0.29, 0.717) is 18.2 Å². The maximum atomic E-state index is 13.6. The molecule has 0 aromatic carbocycles. The average Bonchev–Trinajstić information content (AvgIpc) is 3.23. The molecule has 1 N–H and O–H groups in total. The Labute approximate surface area is 190 Å². The molecule has 31 heavy (non-hydrogen) atoms. The van der Waals surface area contributed by atoms with Gasteiger partial charge in [-0.1, -0.05) is 6.92 Å². The number of carbonyl (C=O) groups is 1. The predicted molar refractivity (Wildman–Crippen MR) is 123 cm³/mol. The lowest BCUT2D eigenvalue weighted by Gasteiger charge is -2.57. The van der Waals surface area contributed by atoms with Gasteiger partial charge in [0.2, 0.25) is 0 Å². The standard InChI is InChI=1S/C26H38N2O2S/c1-25(30)8-6-17-15(11-25)4-5-19-18(17)7-9-26(2)23(19)20-10-21(20)24(26)22(29)14-28-13-16(31-3)12-27-28/h12-13,15,17-21,23-24,30H,4-11,14H2,1-3H3/t15-,17+,18-,19-,20-,21+,23-,24-,25-,26+/m1/s1. The van der Waals surface area contributed by atoms with Crippen molar-refractivity contribution in [3.05, 3.63) is 12.4 Å². The molecule has 4 nitrogen and oxygen atoms in total. The fourth-order valence-corrected chi connectivity index (χ4v) is 9.83. The molecular formula is C26H38N2O2S. The molecule has 0 unspecified atom stereocenters. The number of aromatic nitrogens is 2. The van der Waals surface area contributed by atoms with Gasteiger partial charge in [-0.2, -0.15) is 5.10 Å². The van der Waals surface area contributed by atoms with Crippen LogP contribution < -0.4 is 0 Å². The lowest BCUT2D eigenvalue weighted by atomic mass is 9.48. The van der Waals surface area contributed by atoms with E-state index in [1.165, 1.54) is 38.5 Å². The number of Topliss-reactive ketones (excluding diaryl/α,β-unsaturated/α-hetero) is 1. The molecule has 1 aromatic heterocycles. The van der Waals surface area contributed by atoms with Crippen molar-refractivity contribution in [2.75, 3.05) is 6.26 Å². The Morgan fingerprint density at radius 1 is 1.13 bits per heavy atom. The Bertz CT molecular complexity index is 881. The normalized spacial score (nSPS) is 50.2. The number of hydrogen-bond donors (Lipinski definition) is 1. The molecule has 5 saturated carbocycles. The van der Waals surface area contributed by atoms with Gasteiger partial charge in [0, 0.05) is 17.0 Å². The lowest BCUT2D eigenvalue weighted by molar-refractivity contribution is -0.136. The summed E-state index contributed by atoms with van der Waals surface area (Å²) in [7, 11) is 0. The first-order valence-corrected chi connectivity index (χ1v) is 13.8. The smallest absolute Gasteiger partial charge is 0.158 e. The van der Waals surface area contributed by atoms with Crippen molar-refractivity contribution in [2.45, 2.75) is 82.3 Å². The van der Waals surface area contributed by atoms with E-state index in [9.17, 15) is 9.90 Å². The van der Waals surface area contributed by atoms with Crippen LogP contribution in [0.3, 0.4) is 0 Å². The van der Waals surface area contributed by atoms with E-state index in [1.54, 1.807) is 11.8 Å². The van der Waals surface area contributed by atoms with Crippen LogP contribution in [0.1, 0.15) is 65.2 Å². The van der Waals surface area contributed by atoms with Crippen LogP contribution in [0.2, 0.25) is 0 Å². The van der Waals surface area contributed by atoms with Gasteiger partial charge in [0.25, 0.3) is 0 Å². The number of nitrogens with zero attached hydrogens (tertiary/aromatic N) is 2. The van der Waals surface area contributed by atoms with Crippen LogP contribution in [0.4, 0.5) is 0 Å². The van der Waals surface area contributed by atoms with Gasteiger partial charge >= 0.3 is 0 Å². The molecule has 5 heteroatoms.